The van der Waals surface area contributed by atoms with Crippen LogP contribution in [0.15, 0.2) is 47.0 Å². The van der Waals surface area contributed by atoms with E-state index in [0.717, 1.165) is 24.0 Å². The van der Waals surface area contributed by atoms with Crippen LogP contribution in [0.1, 0.15) is 23.5 Å². The van der Waals surface area contributed by atoms with Crippen LogP contribution >= 0.6 is 0 Å². The number of hydrogen-bond donors (Lipinski definition) is 1. The number of nitrogens with zero attached hydrogens (tertiary/aromatic N) is 2. The van der Waals surface area contributed by atoms with Gasteiger partial charge in [-0.1, -0.05) is 0 Å². The van der Waals surface area contributed by atoms with E-state index in [1.54, 1.807) is 31.5 Å². The molecule has 0 saturated heterocycles. The van der Waals surface area contributed by atoms with E-state index in [-0.39, 0.29) is 30.8 Å². The van der Waals surface area contributed by atoms with Gasteiger partial charge in [0.05, 0.1) is 13.7 Å². The molecule has 0 unspecified atom stereocenters. The summed E-state index contributed by atoms with van der Waals surface area (Å²) in [6, 6.07) is 10.8. The molecule has 1 aliphatic carbocycles. The molecule has 7 nitrogen and oxygen atoms in total. The molecule has 28 heavy (non-hydrogen) atoms. The van der Waals surface area contributed by atoms with Crippen LogP contribution in [-0.4, -0.2) is 41.2 Å². The number of carbonyl (C=O) groups excluding carboxylic acids is 1. The number of oxazole rings is 1. The average molecular weight is 380 g/mol. The molecule has 3 aromatic rings. The van der Waals surface area contributed by atoms with Crippen molar-refractivity contribution in [3.63, 3.8) is 0 Å². The maximum Gasteiger partial charge on any atom is 0.264 e. The molecule has 2 aromatic heterocycles. The fraction of sp³-hybridized carbons (Fsp3) is 0.286. The van der Waals surface area contributed by atoms with Gasteiger partial charge in [0.15, 0.2) is 5.76 Å². The van der Waals surface area contributed by atoms with Gasteiger partial charge in [0.25, 0.3) is 5.89 Å². The molecule has 1 aromatic carbocycles. The number of aliphatic hydroxyl groups is 1. The maximum absolute atomic E-state index is 12.5. The van der Waals surface area contributed by atoms with E-state index in [9.17, 15) is 4.79 Å². The van der Waals surface area contributed by atoms with Crippen LogP contribution in [0.4, 0.5) is 0 Å². The quantitative estimate of drug-likeness (QED) is 0.599. The Kier molecular flexibility index (Phi) is 5.08. The van der Waals surface area contributed by atoms with Crippen molar-refractivity contribution in [2.45, 2.75) is 12.8 Å². The van der Waals surface area contributed by atoms with Crippen molar-refractivity contribution in [1.29, 1.82) is 0 Å². The predicted molar refractivity (Wildman–Crippen MR) is 101 cm³/mol. The van der Waals surface area contributed by atoms with Crippen LogP contribution in [0, 0.1) is 5.92 Å². The lowest BCUT2D eigenvalue weighted by Gasteiger charge is -2.06. The fourth-order valence-corrected chi connectivity index (χ4v) is 2.84. The number of pyridine rings is 1. The molecule has 1 saturated carbocycles. The van der Waals surface area contributed by atoms with Crippen LogP contribution in [0.2, 0.25) is 0 Å². The summed E-state index contributed by atoms with van der Waals surface area (Å²) >= 11 is 0. The SMILES string of the molecule is COc1ccc(-c2nc(C(=O)C3CC3)oc2-c2ccc(OCCO)cc2)cn1. The number of hydrogen-bond acceptors (Lipinski definition) is 7. The number of rotatable bonds is 8. The first-order valence-electron chi connectivity index (χ1n) is 9.09. The monoisotopic (exact) mass is 380 g/mol. The second kappa shape index (κ2) is 7.82. The minimum absolute atomic E-state index is 0.0163. The van der Waals surface area contributed by atoms with Crippen LogP contribution in [-0.2, 0) is 0 Å². The summed E-state index contributed by atoms with van der Waals surface area (Å²) in [5.74, 6) is 1.72. The molecular formula is C21H20N2O5. The number of aliphatic hydroxyl groups excluding tert-OH is 1. The first-order valence-corrected chi connectivity index (χ1v) is 9.09. The zero-order valence-corrected chi connectivity index (χ0v) is 15.4. The van der Waals surface area contributed by atoms with E-state index in [0.29, 0.717) is 23.1 Å². The van der Waals surface area contributed by atoms with Gasteiger partial charge < -0.3 is 19.0 Å². The Hall–Kier alpha value is -3.19. The molecule has 1 aliphatic rings. The number of methoxy groups -OCH3 is 1. The highest BCUT2D eigenvalue weighted by atomic mass is 16.5. The van der Waals surface area contributed by atoms with Gasteiger partial charge >= 0.3 is 0 Å². The maximum atomic E-state index is 12.5. The fourth-order valence-electron chi connectivity index (χ4n) is 2.84. The van der Waals surface area contributed by atoms with Gasteiger partial charge in [0.2, 0.25) is 11.7 Å². The lowest BCUT2D eigenvalue weighted by Crippen LogP contribution is -2.01. The lowest BCUT2D eigenvalue weighted by molar-refractivity contribution is 0.0934. The Morgan fingerprint density at radius 1 is 1.18 bits per heavy atom. The molecule has 0 bridgehead atoms. The Bertz CT molecular complexity index is 959. The van der Waals surface area contributed by atoms with Crippen LogP contribution in [0.25, 0.3) is 22.6 Å². The van der Waals surface area contributed by atoms with E-state index in [4.69, 9.17) is 19.0 Å². The van der Waals surface area contributed by atoms with Gasteiger partial charge in [0.1, 0.15) is 18.1 Å². The summed E-state index contributed by atoms with van der Waals surface area (Å²) in [4.78, 5) is 21.2. The van der Waals surface area contributed by atoms with Gasteiger partial charge in [-0.25, -0.2) is 9.97 Å². The molecule has 144 valence electrons. The van der Waals surface area contributed by atoms with Crippen molar-refractivity contribution in [3.05, 3.63) is 48.5 Å². The normalized spacial score (nSPS) is 13.4. The summed E-state index contributed by atoms with van der Waals surface area (Å²) in [6.45, 7) is 0.176. The molecule has 0 radical (unpaired) electrons. The first-order chi connectivity index (χ1) is 13.7. The number of carbonyl (C=O) groups is 1. The van der Waals surface area contributed by atoms with Gasteiger partial charge in [0, 0.05) is 29.3 Å². The van der Waals surface area contributed by atoms with Crippen molar-refractivity contribution in [1.82, 2.24) is 9.97 Å². The topological polar surface area (TPSA) is 94.7 Å². The number of ketones is 1. The lowest BCUT2D eigenvalue weighted by atomic mass is 10.1. The molecule has 1 fully saturated rings. The van der Waals surface area contributed by atoms with Crippen molar-refractivity contribution < 1.29 is 23.8 Å². The molecule has 0 amide bonds. The highest BCUT2D eigenvalue weighted by molar-refractivity contribution is 5.96. The zero-order valence-electron chi connectivity index (χ0n) is 15.4. The zero-order chi connectivity index (χ0) is 19.5. The highest BCUT2D eigenvalue weighted by Gasteiger charge is 2.34. The smallest absolute Gasteiger partial charge is 0.264 e. The molecule has 4 rings (SSSR count). The standard InChI is InChI=1S/C21H20N2O5/c1-26-17-9-6-15(12-22-17)18-20(28-21(23-18)19(25)13-2-3-13)14-4-7-16(8-5-14)27-11-10-24/h4-9,12-13,24H,2-3,10-11H2,1H3. The van der Waals surface area contributed by atoms with Crippen molar-refractivity contribution in [2.24, 2.45) is 5.92 Å². The van der Waals surface area contributed by atoms with Crippen molar-refractivity contribution >= 4 is 5.78 Å². The number of Topliss-reactive ketones (excluding diaryl/α,β-unsaturated/α-hetero) is 1. The van der Waals surface area contributed by atoms with Gasteiger partial charge in [-0.2, -0.15) is 0 Å². The van der Waals surface area contributed by atoms with E-state index in [2.05, 4.69) is 9.97 Å². The van der Waals surface area contributed by atoms with E-state index in [1.165, 1.54) is 0 Å². The second-order valence-electron chi connectivity index (χ2n) is 6.52. The molecule has 7 heteroatoms. The summed E-state index contributed by atoms with van der Waals surface area (Å²) < 4.78 is 16.4. The first kappa shape index (κ1) is 18.2. The summed E-state index contributed by atoms with van der Waals surface area (Å²) in [6.07, 6.45) is 3.41. The van der Waals surface area contributed by atoms with Crippen LogP contribution in [0.3, 0.4) is 0 Å². The van der Waals surface area contributed by atoms with Crippen molar-refractivity contribution in [3.8, 4) is 34.2 Å². The van der Waals surface area contributed by atoms with Crippen molar-refractivity contribution in [2.75, 3.05) is 20.3 Å². The third kappa shape index (κ3) is 3.75. The van der Waals surface area contributed by atoms with E-state index in [1.807, 2.05) is 18.2 Å². The molecule has 2 heterocycles. The van der Waals surface area contributed by atoms with Crippen LogP contribution < -0.4 is 9.47 Å². The second-order valence-corrected chi connectivity index (χ2v) is 6.52. The minimum Gasteiger partial charge on any atom is -0.491 e. The summed E-state index contributed by atoms with van der Waals surface area (Å²) in [7, 11) is 1.55. The Morgan fingerprint density at radius 3 is 2.54 bits per heavy atom. The Morgan fingerprint density at radius 2 is 1.93 bits per heavy atom. The third-order valence-electron chi connectivity index (χ3n) is 4.48. The Balaban J connectivity index is 1.72. The average Bonchev–Trinajstić information content (AvgIpc) is 3.50. The molecule has 1 N–H and O–H groups in total. The van der Waals surface area contributed by atoms with Crippen LogP contribution in [0.5, 0.6) is 11.6 Å². The number of ether oxygens (including phenoxy) is 2. The summed E-state index contributed by atoms with van der Waals surface area (Å²) in [5, 5.41) is 8.87. The molecule has 0 atom stereocenters. The van der Waals surface area contributed by atoms with Gasteiger partial charge in [-0.3, -0.25) is 4.79 Å². The number of aromatic nitrogens is 2. The molecular weight excluding hydrogens is 360 g/mol. The molecule has 0 aliphatic heterocycles. The third-order valence-corrected chi connectivity index (χ3v) is 4.48. The van der Waals surface area contributed by atoms with E-state index >= 15 is 0 Å². The highest BCUT2D eigenvalue weighted by Crippen LogP contribution is 2.37. The largest absolute Gasteiger partial charge is 0.491 e. The summed E-state index contributed by atoms with van der Waals surface area (Å²) in [5.41, 5.74) is 2.06. The number of benzene rings is 1. The van der Waals surface area contributed by atoms with Gasteiger partial charge in [-0.05, 0) is 43.2 Å². The van der Waals surface area contributed by atoms with E-state index < -0.39 is 0 Å². The predicted octanol–water partition coefficient (Wildman–Crippen LogP) is 3.38. The van der Waals surface area contributed by atoms with Gasteiger partial charge in [-0.15, -0.1) is 0 Å². The Labute approximate surface area is 162 Å². The molecule has 0 spiro atoms. The minimum atomic E-state index is -0.0585.